The summed E-state index contributed by atoms with van der Waals surface area (Å²) in [7, 11) is 0. The predicted molar refractivity (Wildman–Crippen MR) is 55.9 cm³/mol. The van der Waals surface area contributed by atoms with Gasteiger partial charge in [-0.1, -0.05) is 6.92 Å². The quantitative estimate of drug-likeness (QED) is 0.802. The Labute approximate surface area is 83.4 Å². The topological polar surface area (TPSA) is 24.9 Å². The molecule has 72 valence electrons. The van der Waals surface area contributed by atoms with Crippen molar-refractivity contribution < 1.29 is 0 Å². The monoisotopic (exact) mass is 196 g/mol. The van der Waals surface area contributed by atoms with Crippen LogP contribution in [0.15, 0.2) is 6.20 Å². The third kappa shape index (κ3) is 2.09. The predicted octanol–water partition coefficient (Wildman–Crippen LogP) is 2.34. The average molecular weight is 196 g/mol. The van der Waals surface area contributed by atoms with Gasteiger partial charge in [0.15, 0.2) is 0 Å². The van der Waals surface area contributed by atoms with Crippen LogP contribution >= 0.6 is 11.3 Å². The Kier molecular flexibility index (Phi) is 2.65. The molecule has 2 unspecified atom stereocenters. The van der Waals surface area contributed by atoms with E-state index in [1.54, 1.807) is 11.3 Å². The van der Waals surface area contributed by atoms with Crippen LogP contribution in [0.25, 0.3) is 0 Å². The Balaban J connectivity index is 1.79. The maximum absolute atomic E-state index is 4.24. The molecule has 1 saturated carbocycles. The van der Waals surface area contributed by atoms with Crippen LogP contribution in [-0.2, 0) is 6.54 Å². The van der Waals surface area contributed by atoms with Crippen molar-refractivity contribution in [3.63, 3.8) is 0 Å². The van der Waals surface area contributed by atoms with Gasteiger partial charge >= 0.3 is 0 Å². The van der Waals surface area contributed by atoms with Crippen LogP contribution in [0.2, 0.25) is 0 Å². The second-order valence-electron chi connectivity index (χ2n) is 3.89. The van der Waals surface area contributed by atoms with Crippen LogP contribution in [0.4, 0.5) is 0 Å². The minimum absolute atomic E-state index is 0.752. The van der Waals surface area contributed by atoms with Gasteiger partial charge in [-0.3, -0.25) is 0 Å². The molecule has 1 aromatic heterocycles. The average Bonchev–Trinajstić information content (AvgIpc) is 2.49. The molecule has 1 fully saturated rings. The lowest BCUT2D eigenvalue weighted by atomic mass is 9.81. The fourth-order valence-corrected chi connectivity index (χ4v) is 2.43. The van der Waals surface area contributed by atoms with Gasteiger partial charge < -0.3 is 5.32 Å². The molecule has 0 radical (unpaired) electrons. The third-order valence-electron chi connectivity index (χ3n) is 2.83. The van der Waals surface area contributed by atoms with E-state index < -0.39 is 0 Å². The number of hydrogen-bond donors (Lipinski definition) is 1. The SMILES string of the molecule is Cc1ncc(CNC2CCC2C)s1. The minimum atomic E-state index is 0.752. The second kappa shape index (κ2) is 3.76. The number of nitrogens with zero attached hydrogens (tertiary/aromatic N) is 1. The zero-order chi connectivity index (χ0) is 9.26. The summed E-state index contributed by atoms with van der Waals surface area (Å²) in [5.41, 5.74) is 0. The number of rotatable bonds is 3. The number of aryl methyl sites for hydroxylation is 1. The first-order valence-corrected chi connectivity index (χ1v) is 5.72. The van der Waals surface area contributed by atoms with E-state index in [2.05, 4.69) is 24.1 Å². The van der Waals surface area contributed by atoms with E-state index in [0.29, 0.717) is 0 Å². The molecule has 0 bridgehead atoms. The van der Waals surface area contributed by atoms with Gasteiger partial charge in [0, 0.05) is 23.7 Å². The zero-order valence-corrected chi connectivity index (χ0v) is 9.03. The summed E-state index contributed by atoms with van der Waals surface area (Å²) >= 11 is 1.79. The van der Waals surface area contributed by atoms with Crippen LogP contribution in [0.3, 0.4) is 0 Å². The van der Waals surface area contributed by atoms with Crippen molar-refractivity contribution in [3.05, 3.63) is 16.1 Å². The fourth-order valence-electron chi connectivity index (χ4n) is 1.69. The van der Waals surface area contributed by atoms with Gasteiger partial charge in [-0.15, -0.1) is 11.3 Å². The molecule has 0 saturated heterocycles. The van der Waals surface area contributed by atoms with E-state index in [1.165, 1.54) is 22.7 Å². The van der Waals surface area contributed by atoms with Crippen molar-refractivity contribution in [1.29, 1.82) is 0 Å². The van der Waals surface area contributed by atoms with Crippen molar-refractivity contribution in [1.82, 2.24) is 10.3 Å². The number of nitrogens with one attached hydrogen (secondary N) is 1. The molecule has 1 N–H and O–H groups in total. The summed E-state index contributed by atoms with van der Waals surface area (Å²) in [5.74, 6) is 0.869. The van der Waals surface area contributed by atoms with E-state index in [-0.39, 0.29) is 0 Å². The van der Waals surface area contributed by atoms with Crippen molar-refractivity contribution in [2.75, 3.05) is 0 Å². The van der Waals surface area contributed by atoms with Crippen LogP contribution in [-0.4, -0.2) is 11.0 Å². The summed E-state index contributed by atoms with van der Waals surface area (Å²) in [5, 5.41) is 4.73. The van der Waals surface area contributed by atoms with Crippen LogP contribution in [0.1, 0.15) is 29.7 Å². The van der Waals surface area contributed by atoms with Crippen LogP contribution in [0.5, 0.6) is 0 Å². The van der Waals surface area contributed by atoms with Crippen molar-refractivity contribution >= 4 is 11.3 Å². The molecule has 2 nitrogen and oxygen atoms in total. The fraction of sp³-hybridized carbons (Fsp3) is 0.700. The normalized spacial score (nSPS) is 27.2. The molecule has 2 atom stereocenters. The molecule has 13 heavy (non-hydrogen) atoms. The van der Waals surface area contributed by atoms with Crippen molar-refractivity contribution in [3.8, 4) is 0 Å². The van der Waals surface area contributed by atoms with Crippen molar-refractivity contribution in [2.45, 2.75) is 39.3 Å². The van der Waals surface area contributed by atoms with Gasteiger partial charge in [-0.05, 0) is 25.7 Å². The van der Waals surface area contributed by atoms with E-state index >= 15 is 0 Å². The first-order valence-electron chi connectivity index (χ1n) is 4.90. The highest BCUT2D eigenvalue weighted by Crippen LogP contribution is 2.26. The smallest absolute Gasteiger partial charge is 0.0897 e. The third-order valence-corrected chi connectivity index (χ3v) is 3.74. The van der Waals surface area contributed by atoms with E-state index in [9.17, 15) is 0 Å². The Morgan fingerprint density at radius 1 is 1.62 bits per heavy atom. The van der Waals surface area contributed by atoms with Gasteiger partial charge in [-0.25, -0.2) is 4.98 Å². The van der Waals surface area contributed by atoms with Gasteiger partial charge in [-0.2, -0.15) is 0 Å². The van der Waals surface area contributed by atoms with Crippen LogP contribution in [0, 0.1) is 12.8 Å². The minimum Gasteiger partial charge on any atom is -0.309 e. The Morgan fingerprint density at radius 2 is 2.46 bits per heavy atom. The molecule has 0 amide bonds. The molecule has 3 heteroatoms. The maximum Gasteiger partial charge on any atom is 0.0897 e. The molecule has 1 aromatic rings. The number of aromatic nitrogens is 1. The largest absolute Gasteiger partial charge is 0.309 e. The molecule has 0 aromatic carbocycles. The van der Waals surface area contributed by atoms with E-state index in [0.717, 1.165) is 18.5 Å². The molecular formula is C10H16N2S. The van der Waals surface area contributed by atoms with E-state index in [1.807, 2.05) is 6.20 Å². The summed E-state index contributed by atoms with van der Waals surface area (Å²) < 4.78 is 0. The zero-order valence-electron chi connectivity index (χ0n) is 8.21. The standard InChI is InChI=1S/C10H16N2S/c1-7-3-4-10(7)12-6-9-5-11-8(2)13-9/h5,7,10,12H,3-4,6H2,1-2H3. The van der Waals surface area contributed by atoms with E-state index in [4.69, 9.17) is 0 Å². The lowest BCUT2D eigenvalue weighted by Crippen LogP contribution is -2.41. The van der Waals surface area contributed by atoms with Crippen molar-refractivity contribution in [2.24, 2.45) is 5.92 Å². The lowest BCUT2D eigenvalue weighted by molar-refractivity contribution is 0.229. The van der Waals surface area contributed by atoms with Gasteiger partial charge in [0.05, 0.1) is 5.01 Å². The Hall–Kier alpha value is -0.410. The van der Waals surface area contributed by atoms with Gasteiger partial charge in [0.25, 0.3) is 0 Å². The molecule has 0 aliphatic heterocycles. The van der Waals surface area contributed by atoms with Crippen LogP contribution < -0.4 is 5.32 Å². The molecule has 1 aliphatic rings. The summed E-state index contributed by atoms with van der Waals surface area (Å²) in [6, 6.07) is 0.752. The summed E-state index contributed by atoms with van der Waals surface area (Å²) in [4.78, 5) is 5.59. The molecule has 2 rings (SSSR count). The number of hydrogen-bond acceptors (Lipinski definition) is 3. The molecule has 0 spiro atoms. The molecule has 1 heterocycles. The maximum atomic E-state index is 4.24. The highest BCUT2D eigenvalue weighted by atomic mass is 32.1. The van der Waals surface area contributed by atoms with Gasteiger partial charge in [0.2, 0.25) is 0 Å². The summed E-state index contributed by atoms with van der Waals surface area (Å²) in [6.07, 6.45) is 4.72. The Bertz CT molecular complexity index is 282. The molecular weight excluding hydrogens is 180 g/mol. The first-order chi connectivity index (χ1) is 6.25. The van der Waals surface area contributed by atoms with Gasteiger partial charge in [0.1, 0.15) is 0 Å². The lowest BCUT2D eigenvalue weighted by Gasteiger charge is -2.34. The Morgan fingerprint density at radius 3 is 2.92 bits per heavy atom. The summed E-state index contributed by atoms with van der Waals surface area (Å²) in [6.45, 7) is 5.37. The molecule has 1 aliphatic carbocycles. The number of thiazole rings is 1. The second-order valence-corrected chi connectivity index (χ2v) is 5.21. The first kappa shape index (κ1) is 9.16. The highest BCUT2D eigenvalue weighted by molar-refractivity contribution is 7.11. The highest BCUT2D eigenvalue weighted by Gasteiger charge is 2.25.